The molecule has 1 aromatic carbocycles. The number of alkyl halides is 6. The quantitative estimate of drug-likeness (QED) is 0.609. The fourth-order valence-corrected chi connectivity index (χ4v) is 4.35. The molecule has 0 aliphatic heterocycles. The van der Waals surface area contributed by atoms with Crippen molar-refractivity contribution in [3.05, 3.63) is 35.9 Å². The fraction of sp³-hybridized carbons (Fsp3) is 0.667. The van der Waals surface area contributed by atoms with E-state index in [0.717, 1.165) is 18.4 Å². The molecule has 1 aromatic rings. The zero-order valence-electron chi connectivity index (χ0n) is 16.3. The van der Waals surface area contributed by atoms with Gasteiger partial charge >= 0.3 is 12.4 Å². The van der Waals surface area contributed by atoms with E-state index >= 15 is 0 Å². The van der Waals surface area contributed by atoms with Crippen molar-refractivity contribution in [2.45, 2.75) is 74.9 Å². The SMILES string of the molecule is O=C(NC1CCC(C(O)(C(F)(F)F)C(F)(F)F)CC1)C(CC1CC1)c1ccccc1. The Labute approximate surface area is 170 Å². The van der Waals surface area contributed by atoms with Crippen LogP contribution in [0.4, 0.5) is 26.3 Å². The van der Waals surface area contributed by atoms with Crippen LogP contribution in [0, 0.1) is 11.8 Å². The summed E-state index contributed by atoms with van der Waals surface area (Å²) in [5.41, 5.74) is -3.88. The summed E-state index contributed by atoms with van der Waals surface area (Å²) in [7, 11) is 0. The molecule has 2 aliphatic rings. The summed E-state index contributed by atoms with van der Waals surface area (Å²) >= 11 is 0. The van der Waals surface area contributed by atoms with E-state index in [4.69, 9.17) is 0 Å². The third-order valence-electron chi connectivity index (χ3n) is 6.31. The number of hydrogen-bond donors (Lipinski definition) is 2. The third kappa shape index (κ3) is 4.76. The van der Waals surface area contributed by atoms with E-state index in [0.29, 0.717) is 12.3 Å². The van der Waals surface area contributed by atoms with Crippen molar-refractivity contribution >= 4 is 5.91 Å². The number of amides is 1. The lowest BCUT2D eigenvalue weighted by Crippen LogP contribution is -2.62. The van der Waals surface area contributed by atoms with Crippen LogP contribution in [0.5, 0.6) is 0 Å². The van der Waals surface area contributed by atoms with E-state index in [1.807, 2.05) is 30.3 Å². The van der Waals surface area contributed by atoms with Crippen molar-refractivity contribution in [1.82, 2.24) is 5.32 Å². The number of aliphatic hydroxyl groups is 1. The lowest BCUT2D eigenvalue weighted by molar-refractivity contribution is -0.387. The Morgan fingerprint density at radius 1 is 0.933 bits per heavy atom. The molecular weight excluding hydrogens is 412 g/mol. The summed E-state index contributed by atoms with van der Waals surface area (Å²) in [4.78, 5) is 12.9. The van der Waals surface area contributed by atoms with E-state index in [-0.39, 0.29) is 18.7 Å². The minimum absolute atomic E-state index is 0.0458. The van der Waals surface area contributed by atoms with Gasteiger partial charge in [0.2, 0.25) is 5.91 Å². The van der Waals surface area contributed by atoms with Crippen LogP contribution in [-0.2, 0) is 4.79 Å². The van der Waals surface area contributed by atoms with Crippen molar-refractivity contribution in [2.24, 2.45) is 11.8 Å². The van der Waals surface area contributed by atoms with Gasteiger partial charge < -0.3 is 10.4 Å². The van der Waals surface area contributed by atoms with Gasteiger partial charge in [0.25, 0.3) is 5.60 Å². The maximum Gasteiger partial charge on any atom is 0.426 e. The fourth-order valence-electron chi connectivity index (χ4n) is 4.35. The van der Waals surface area contributed by atoms with Gasteiger partial charge in [-0.15, -0.1) is 0 Å². The van der Waals surface area contributed by atoms with E-state index in [1.54, 1.807) is 0 Å². The molecule has 0 radical (unpaired) electrons. The van der Waals surface area contributed by atoms with Crippen molar-refractivity contribution in [3.63, 3.8) is 0 Å². The molecule has 0 aromatic heterocycles. The van der Waals surface area contributed by atoms with Gasteiger partial charge in [-0.25, -0.2) is 0 Å². The third-order valence-corrected chi connectivity index (χ3v) is 6.31. The first-order valence-corrected chi connectivity index (χ1v) is 10.1. The second-order valence-electron chi connectivity index (χ2n) is 8.46. The Balaban J connectivity index is 1.64. The molecule has 1 amide bonds. The molecule has 30 heavy (non-hydrogen) atoms. The zero-order valence-corrected chi connectivity index (χ0v) is 16.3. The van der Waals surface area contributed by atoms with Gasteiger partial charge in [0, 0.05) is 12.0 Å². The van der Waals surface area contributed by atoms with Gasteiger partial charge in [0.05, 0.1) is 5.92 Å². The van der Waals surface area contributed by atoms with Crippen LogP contribution < -0.4 is 5.32 Å². The van der Waals surface area contributed by atoms with Crippen LogP contribution >= 0.6 is 0 Å². The van der Waals surface area contributed by atoms with E-state index in [9.17, 15) is 36.2 Å². The Morgan fingerprint density at radius 2 is 1.47 bits per heavy atom. The van der Waals surface area contributed by atoms with Gasteiger partial charge in [-0.05, 0) is 43.6 Å². The predicted octanol–water partition coefficient (Wildman–Crippen LogP) is 5.10. The number of carbonyl (C=O) groups excluding carboxylic acids is 1. The highest BCUT2D eigenvalue weighted by molar-refractivity contribution is 5.84. The second-order valence-corrected chi connectivity index (χ2v) is 8.46. The lowest BCUT2D eigenvalue weighted by atomic mass is 9.74. The van der Waals surface area contributed by atoms with E-state index in [1.165, 1.54) is 0 Å². The first-order valence-electron chi connectivity index (χ1n) is 10.1. The lowest BCUT2D eigenvalue weighted by Gasteiger charge is -2.42. The minimum Gasteiger partial charge on any atom is -0.373 e. The van der Waals surface area contributed by atoms with Crippen LogP contribution in [0.25, 0.3) is 0 Å². The molecule has 2 saturated carbocycles. The Kier molecular flexibility index (Phi) is 6.41. The Bertz CT molecular complexity index is 707. The van der Waals surface area contributed by atoms with Crippen LogP contribution in [0.2, 0.25) is 0 Å². The molecule has 1 unspecified atom stereocenters. The van der Waals surface area contributed by atoms with Gasteiger partial charge in [0.15, 0.2) is 0 Å². The molecule has 0 bridgehead atoms. The monoisotopic (exact) mass is 437 g/mol. The number of carbonyl (C=O) groups is 1. The molecule has 0 saturated heterocycles. The highest BCUT2D eigenvalue weighted by Gasteiger charge is 2.73. The van der Waals surface area contributed by atoms with Crippen molar-refractivity contribution in [1.29, 1.82) is 0 Å². The van der Waals surface area contributed by atoms with Crippen LogP contribution in [-0.4, -0.2) is 35.0 Å². The summed E-state index contributed by atoms with van der Waals surface area (Å²) in [6.45, 7) is 0. The second kappa shape index (κ2) is 8.40. The highest BCUT2D eigenvalue weighted by Crippen LogP contribution is 2.51. The summed E-state index contributed by atoms with van der Waals surface area (Å²) in [5.74, 6) is -2.16. The molecule has 3 nitrogen and oxygen atoms in total. The summed E-state index contributed by atoms with van der Waals surface area (Å²) in [5, 5.41) is 12.4. The number of rotatable bonds is 6. The van der Waals surface area contributed by atoms with E-state index < -0.39 is 48.7 Å². The van der Waals surface area contributed by atoms with Gasteiger partial charge in [-0.3, -0.25) is 4.79 Å². The number of nitrogens with one attached hydrogen (secondary N) is 1. The molecule has 1 atom stereocenters. The molecule has 2 N–H and O–H groups in total. The Morgan fingerprint density at radius 3 is 1.93 bits per heavy atom. The first-order chi connectivity index (χ1) is 13.9. The van der Waals surface area contributed by atoms with Gasteiger partial charge in [0.1, 0.15) is 0 Å². The maximum atomic E-state index is 13.1. The topological polar surface area (TPSA) is 49.3 Å². The molecule has 2 aliphatic carbocycles. The number of halogens is 6. The summed E-state index contributed by atoms with van der Waals surface area (Å²) in [6, 6.07) is 8.65. The minimum atomic E-state index is -5.81. The summed E-state index contributed by atoms with van der Waals surface area (Å²) in [6.07, 6.45) is -9.88. The molecule has 2 fully saturated rings. The Hall–Kier alpha value is -1.77. The number of hydrogen-bond acceptors (Lipinski definition) is 2. The van der Waals surface area contributed by atoms with Crippen LogP contribution in [0.15, 0.2) is 30.3 Å². The normalized spacial score (nSPS) is 24.4. The van der Waals surface area contributed by atoms with Crippen LogP contribution in [0.1, 0.15) is 56.4 Å². The summed E-state index contributed by atoms with van der Waals surface area (Å²) < 4.78 is 78.4. The molecule has 3 rings (SSSR count). The maximum absolute atomic E-state index is 13.1. The molecular formula is C21H25F6NO2. The largest absolute Gasteiger partial charge is 0.426 e. The molecule has 0 heterocycles. The number of benzene rings is 1. The average Bonchev–Trinajstić information content (AvgIpc) is 3.49. The van der Waals surface area contributed by atoms with Gasteiger partial charge in [-0.1, -0.05) is 43.2 Å². The zero-order chi connectivity index (χ0) is 22.2. The van der Waals surface area contributed by atoms with Crippen molar-refractivity contribution in [2.75, 3.05) is 0 Å². The van der Waals surface area contributed by atoms with Gasteiger partial charge in [-0.2, -0.15) is 26.3 Å². The molecule has 0 spiro atoms. The molecule has 9 heteroatoms. The van der Waals surface area contributed by atoms with Crippen LogP contribution in [0.3, 0.4) is 0 Å². The van der Waals surface area contributed by atoms with Crippen molar-refractivity contribution in [3.8, 4) is 0 Å². The molecule has 168 valence electrons. The standard InChI is InChI=1S/C21H25F6NO2/c22-20(23,24)19(30,21(25,26)27)15-8-10-16(11-9-15)28-18(29)17(12-13-6-7-13)14-4-2-1-3-5-14/h1-5,13,15-17,30H,6-12H2,(H,28,29). The first kappa shape index (κ1) is 22.9. The smallest absolute Gasteiger partial charge is 0.373 e. The van der Waals surface area contributed by atoms with Crippen molar-refractivity contribution < 1.29 is 36.2 Å². The predicted molar refractivity (Wildman–Crippen MR) is 97.5 cm³/mol. The van der Waals surface area contributed by atoms with E-state index in [2.05, 4.69) is 5.32 Å². The highest BCUT2D eigenvalue weighted by atomic mass is 19.4. The average molecular weight is 437 g/mol.